The minimum Gasteiger partial charge on any atom is -0.347 e. The van der Waals surface area contributed by atoms with Crippen molar-refractivity contribution in [3.05, 3.63) is 11.6 Å². The van der Waals surface area contributed by atoms with E-state index in [0.717, 1.165) is 0 Å². The van der Waals surface area contributed by atoms with Gasteiger partial charge in [0.25, 0.3) is 5.82 Å². The van der Waals surface area contributed by atoms with Gasteiger partial charge in [-0.2, -0.15) is 13.2 Å². The average molecular weight is 294 g/mol. The van der Waals surface area contributed by atoms with Gasteiger partial charge in [-0.1, -0.05) is 0 Å². The number of hydrogen-bond donors (Lipinski definition) is 3. The van der Waals surface area contributed by atoms with E-state index >= 15 is 0 Å². The Labute approximate surface area is 111 Å². The molecule has 1 heterocycles. The van der Waals surface area contributed by atoms with Gasteiger partial charge in [0, 0.05) is 14.1 Å². The van der Waals surface area contributed by atoms with Gasteiger partial charge in [0.15, 0.2) is 0 Å². The Morgan fingerprint density at radius 2 is 1.95 bits per heavy atom. The van der Waals surface area contributed by atoms with Crippen LogP contribution in [0.2, 0.25) is 0 Å². The highest BCUT2D eigenvalue weighted by Crippen LogP contribution is 2.25. The van der Waals surface area contributed by atoms with E-state index < -0.39 is 23.9 Å². The molecule has 8 nitrogen and oxygen atoms in total. The van der Waals surface area contributed by atoms with E-state index in [1.54, 1.807) is 0 Å². The van der Waals surface area contributed by atoms with E-state index in [4.69, 9.17) is 0 Å². The first kappa shape index (κ1) is 15.7. The van der Waals surface area contributed by atoms with Crippen LogP contribution < -0.4 is 10.6 Å². The van der Waals surface area contributed by atoms with Crippen LogP contribution in [0.4, 0.5) is 18.0 Å². The Morgan fingerprint density at radius 3 is 2.45 bits per heavy atom. The fourth-order valence-corrected chi connectivity index (χ4v) is 1.06. The zero-order valence-corrected chi connectivity index (χ0v) is 10.7. The number of aromatic nitrogens is 3. The van der Waals surface area contributed by atoms with Crippen molar-refractivity contribution >= 4 is 11.9 Å². The summed E-state index contributed by atoms with van der Waals surface area (Å²) in [5.74, 6) is -2.00. The van der Waals surface area contributed by atoms with Crippen LogP contribution in [0, 0.1) is 0 Å². The second-order valence-electron chi connectivity index (χ2n) is 3.93. The third-order valence-corrected chi connectivity index (χ3v) is 2.04. The number of urea groups is 1. The van der Waals surface area contributed by atoms with E-state index in [-0.39, 0.29) is 18.9 Å². The fraction of sp³-hybridized carbons (Fsp3) is 0.556. The lowest BCUT2D eigenvalue weighted by atomic mass is 10.5. The molecule has 0 fully saturated rings. The molecule has 112 valence electrons. The molecule has 1 aromatic heterocycles. The molecule has 0 aromatic carbocycles. The average Bonchev–Trinajstić information content (AvgIpc) is 2.81. The summed E-state index contributed by atoms with van der Waals surface area (Å²) in [7, 11) is 3.00. The summed E-state index contributed by atoms with van der Waals surface area (Å²) < 4.78 is 36.6. The summed E-state index contributed by atoms with van der Waals surface area (Å²) in [6, 6.07) is -0.459. The predicted molar refractivity (Wildman–Crippen MR) is 60.3 cm³/mol. The van der Waals surface area contributed by atoms with Gasteiger partial charge >= 0.3 is 12.2 Å². The molecule has 0 saturated carbocycles. The lowest BCUT2D eigenvalue weighted by Crippen LogP contribution is -2.41. The minimum atomic E-state index is -4.64. The topological polar surface area (TPSA) is 103 Å². The van der Waals surface area contributed by atoms with Crippen LogP contribution >= 0.6 is 0 Å². The number of rotatable bonds is 4. The van der Waals surface area contributed by atoms with Crippen molar-refractivity contribution in [3.8, 4) is 0 Å². The first-order chi connectivity index (χ1) is 9.20. The summed E-state index contributed by atoms with van der Waals surface area (Å²) >= 11 is 0. The van der Waals surface area contributed by atoms with Crippen molar-refractivity contribution in [3.63, 3.8) is 0 Å². The summed E-state index contributed by atoms with van der Waals surface area (Å²) in [4.78, 5) is 26.8. The Morgan fingerprint density at radius 1 is 1.30 bits per heavy atom. The first-order valence-corrected chi connectivity index (χ1v) is 5.40. The molecule has 3 amide bonds. The molecule has 0 aliphatic carbocycles. The van der Waals surface area contributed by atoms with Gasteiger partial charge in [0.1, 0.15) is 5.82 Å². The van der Waals surface area contributed by atoms with Crippen molar-refractivity contribution in [1.82, 2.24) is 30.7 Å². The Hall–Kier alpha value is -2.33. The highest BCUT2D eigenvalue weighted by molar-refractivity contribution is 5.83. The van der Waals surface area contributed by atoms with Crippen LogP contribution in [0.15, 0.2) is 0 Å². The molecule has 0 aliphatic heterocycles. The van der Waals surface area contributed by atoms with Crippen LogP contribution in [-0.2, 0) is 17.5 Å². The standard InChI is InChI=1S/C9H13F3N6O2/c1-18(2)8(20)14-4-6(19)13-3-5-15-7(17-16-5)9(10,11)12/h3-4H2,1-2H3,(H,13,19)(H,14,20)(H,15,16,17). The van der Waals surface area contributed by atoms with E-state index in [1.807, 2.05) is 0 Å². The molecule has 11 heteroatoms. The zero-order valence-electron chi connectivity index (χ0n) is 10.7. The molecule has 0 spiro atoms. The quantitative estimate of drug-likeness (QED) is 0.710. The van der Waals surface area contributed by atoms with Gasteiger partial charge in [-0.15, -0.1) is 5.10 Å². The number of nitrogens with zero attached hydrogens (tertiary/aromatic N) is 3. The number of nitrogens with one attached hydrogen (secondary N) is 3. The Kier molecular flexibility index (Phi) is 4.88. The van der Waals surface area contributed by atoms with Crippen molar-refractivity contribution in [2.24, 2.45) is 0 Å². The van der Waals surface area contributed by atoms with Gasteiger partial charge in [-0.05, 0) is 0 Å². The van der Waals surface area contributed by atoms with Crippen LogP contribution in [0.25, 0.3) is 0 Å². The van der Waals surface area contributed by atoms with Crippen molar-refractivity contribution in [2.45, 2.75) is 12.7 Å². The molecule has 20 heavy (non-hydrogen) atoms. The van der Waals surface area contributed by atoms with Crippen molar-refractivity contribution in [2.75, 3.05) is 20.6 Å². The minimum absolute atomic E-state index is 0.135. The number of H-pyrrole nitrogens is 1. The number of carbonyl (C=O) groups excluding carboxylic acids is 2. The second kappa shape index (κ2) is 6.21. The Bertz CT molecular complexity index is 484. The van der Waals surface area contributed by atoms with E-state index in [9.17, 15) is 22.8 Å². The van der Waals surface area contributed by atoms with E-state index in [2.05, 4.69) is 25.8 Å². The molecule has 0 bridgehead atoms. The monoisotopic (exact) mass is 294 g/mol. The molecular weight excluding hydrogens is 281 g/mol. The molecule has 3 N–H and O–H groups in total. The normalized spacial score (nSPS) is 11.1. The van der Waals surface area contributed by atoms with Crippen molar-refractivity contribution in [1.29, 1.82) is 0 Å². The molecule has 1 rings (SSSR count). The number of amides is 3. The summed E-state index contributed by atoms with van der Waals surface area (Å²) in [5.41, 5.74) is 0. The zero-order chi connectivity index (χ0) is 15.3. The molecule has 0 radical (unpaired) electrons. The lowest BCUT2D eigenvalue weighted by Gasteiger charge is -2.11. The number of halogens is 3. The maximum atomic E-state index is 12.2. The smallest absolute Gasteiger partial charge is 0.347 e. The van der Waals surface area contributed by atoms with Gasteiger partial charge in [-0.3, -0.25) is 9.89 Å². The number of alkyl halides is 3. The third-order valence-electron chi connectivity index (χ3n) is 2.04. The SMILES string of the molecule is CN(C)C(=O)NCC(=O)NCc1nc(C(F)(F)F)n[nH]1. The maximum Gasteiger partial charge on any atom is 0.453 e. The molecule has 0 saturated heterocycles. The second-order valence-corrected chi connectivity index (χ2v) is 3.93. The maximum absolute atomic E-state index is 12.2. The molecule has 0 aliphatic rings. The molecule has 0 atom stereocenters. The van der Waals surface area contributed by atoms with Crippen LogP contribution in [0.5, 0.6) is 0 Å². The number of aromatic amines is 1. The van der Waals surface area contributed by atoms with Crippen LogP contribution in [0.3, 0.4) is 0 Å². The van der Waals surface area contributed by atoms with Crippen LogP contribution in [0.1, 0.15) is 11.6 Å². The largest absolute Gasteiger partial charge is 0.453 e. The van der Waals surface area contributed by atoms with Crippen molar-refractivity contribution < 1.29 is 22.8 Å². The van der Waals surface area contributed by atoms with Crippen LogP contribution in [-0.4, -0.2) is 52.7 Å². The molecule has 1 aromatic rings. The molecule has 0 unspecified atom stereocenters. The fourth-order valence-electron chi connectivity index (χ4n) is 1.06. The van der Waals surface area contributed by atoms with E-state index in [1.165, 1.54) is 19.0 Å². The van der Waals surface area contributed by atoms with Gasteiger partial charge in [-0.25, -0.2) is 9.78 Å². The predicted octanol–water partition coefficient (Wildman–Crippen LogP) is -0.289. The lowest BCUT2D eigenvalue weighted by molar-refractivity contribution is -0.144. The van der Waals surface area contributed by atoms with Gasteiger partial charge < -0.3 is 15.5 Å². The Balaban J connectivity index is 2.38. The van der Waals surface area contributed by atoms with E-state index in [0.29, 0.717) is 0 Å². The first-order valence-electron chi connectivity index (χ1n) is 5.40. The number of hydrogen-bond acceptors (Lipinski definition) is 4. The third kappa shape index (κ3) is 4.74. The summed E-state index contributed by atoms with van der Waals surface area (Å²) in [6.07, 6.45) is -4.64. The summed E-state index contributed by atoms with van der Waals surface area (Å²) in [6.45, 7) is -0.545. The van der Waals surface area contributed by atoms with Gasteiger partial charge in [0.2, 0.25) is 5.91 Å². The number of carbonyl (C=O) groups is 2. The summed E-state index contributed by atoms with van der Waals surface area (Å²) in [5, 5.41) is 9.61. The molecular formula is C9H13F3N6O2. The van der Waals surface area contributed by atoms with Gasteiger partial charge in [0.05, 0.1) is 13.1 Å². The highest BCUT2D eigenvalue weighted by Gasteiger charge is 2.35. The highest BCUT2D eigenvalue weighted by atomic mass is 19.4.